The zero-order chi connectivity index (χ0) is 12.5. The summed E-state index contributed by atoms with van der Waals surface area (Å²) in [6.07, 6.45) is 0.536. The zero-order valence-electron chi connectivity index (χ0n) is 10.3. The van der Waals surface area contributed by atoms with Gasteiger partial charge in [-0.15, -0.1) is 0 Å². The van der Waals surface area contributed by atoms with Crippen LogP contribution >= 0.6 is 0 Å². The normalized spacial score (nSPS) is 25.6. The highest BCUT2D eigenvalue weighted by Crippen LogP contribution is 2.24. The van der Waals surface area contributed by atoms with Crippen LogP contribution in [0.25, 0.3) is 0 Å². The average molecular weight is 228 g/mol. The first kappa shape index (κ1) is 12.8. The molecule has 2 amide bonds. The zero-order valence-corrected chi connectivity index (χ0v) is 10.3. The molecule has 2 atom stereocenters. The van der Waals surface area contributed by atoms with Crippen molar-refractivity contribution in [3.8, 4) is 0 Å². The molecule has 1 aliphatic rings. The summed E-state index contributed by atoms with van der Waals surface area (Å²) in [4.78, 5) is 24.4. The number of urea groups is 1. The summed E-state index contributed by atoms with van der Waals surface area (Å²) in [7, 11) is 0. The van der Waals surface area contributed by atoms with Crippen LogP contribution in [0.1, 0.15) is 34.1 Å². The van der Waals surface area contributed by atoms with Crippen molar-refractivity contribution in [2.24, 2.45) is 5.92 Å². The summed E-state index contributed by atoms with van der Waals surface area (Å²) in [6.45, 7) is 8.01. The van der Waals surface area contributed by atoms with E-state index in [9.17, 15) is 9.59 Å². The van der Waals surface area contributed by atoms with Gasteiger partial charge >= 0.3 is 12.0 Å². The van der Waals surface area contributed by atoms with Gasteiger partial charge < -0.3 is 15.3 Å². The lowest BCUT2D eigenvalue weighted by Crippen LogP contribution is -2.50. The minimum atomic E-state index is -0.821. The molecular formula is C11H20N2O3. The van der Waals surface area contributed by atoms with Crippen molar-refractivity contribution >= 4 is 12.0 Å². The van der Waals surface area contributed by atoms with Gasteiger partial charge in [0, 0.05) is 18.1 Å². The molecule has 1 aliphatic heterocycles. The molecule has 0 aliphatic carbocycles. The SMILES string of the molecule is CC1C(C(=O)O)CCN1C(=O)NC(C)(C)C. The third kappa shape index (κ3) is 2.87. The third-order valence-electron chi connectivity index (χ3n) is 2.81. The van der Waals surface area contributed by atoms with E-state index < -0.39 is 11.9 Å². The number of hydrogen-bond acceptors (Lipinski definition) is 2. The van der Waals surface area contributed by atoms with E-state index >= 15 is 0 Å². The standard InChI is InChI=1S/C11H20N2O3/c1-7-8(9(14)15)5-6-13(7)10(16)12-11(2,3)4/h7-8H,5-6H2,1-4H3,(H,12,16)(H,14,15). The predicted octanol–water partition coefficient (Wildman–Crippen LogP) is 1.29. The van der Waals surface area contributed by atoms with Gasteiger partial charge in [0.25, 0.3) is 0 Å². The molecule has 16 heavy (non-hydrogen) atoms. The lowest BCUT2D eigenvalue weighted by atomic mass is 10.0. The summed E-state index contributed by atoms with van der Waals surface area (Å²) < 4.78 is 0. The van der Waals surface area contributed by atoms with Gasteiger partial charge in [-0.05, 0) is 34.1 Å². The highest BCUT2D eigenvalue weighted by Gasteiger charge is 2.38. The molecule has 0 spiro atoms. The van der Waals surface area contributed by atoms with Crippen LogP contribution < -0.4 is 5.32 Å². The van der Waals surface area contributed by atoms with Crippen molar-refractivity contribution in [1.82, 2.24) is 10.2 Å². The summed E-state index contributed by atoms with van der Waals surface area (Å²) in [5.41, 5.74) is -0.294. The van der Waals surface area contributed by atoms with Gasteiger partial charge in [-0.2, -0.15) is 0 Å². The van der Waals surface area contributed by atoms with Crippen molar-refractivity contribution in [1.29, 1.82) is 0 Å². The molecule has 2 unspecified atom stereocenters. The molecule has 1 fully saturated rings. The van der Waals surface area contributed by atoms with E-state index in [0.29, 0.717) is 13.0 Å². The van der Waals surface area contributed by atoms with Gasteiger partial charge in [-0.25, -0.2) is 4.79 Å². The Balaban J connectivity index is 2.63. The number of aliphatic carboxylic acids is 1. The van der Waals surface area contributed by atoms with Gasteiger partial charge in [-0.3, -0.25) is 4.79 Å². The quantitative estimate of drug-likeness (QED) is 0.710. The van der Waals surface area contributed by atoms with Crippen molar-refractivity contribution in [3.05, 3.63) is 0 Å². The Hall–Kier alpha value is -1.26. The highest BCUT2D eigenvalue weighted by atomic mass is 16.4. The van der Waals surface area contributed by atoms with Crippen LogP contribution in [0.4, 0.5) is 4.79 Å². The van der Waals surface area contributed by atoms with E-state index in [1.807, 2.05) is 20.8 Å². The van der Waals surface area contributed by atoms with Crippen molar-refractivity contribution in [2.45, 2.75) is 45.7 Å². The predicted molar refractivity (Wildman–Crippen MR) is 60.2 cm³/mol. The third-order valence-corrected chi connectivity index (χ3v) is 2.81. The maximum Gasteiger partial charge on any atom is 0.318 e. The second kappa shape index (κ2) is 4.31. The van der Waals surface area contributed by atoms with E-state index in [4.69, 9.17) is 5.11 Å². The number of hydrogen-bond donors (Lipinski definition) is 2. The van der Waals surface area contributed by atoms with Crippen molar-refractivity contribution in [3.63, 3.8) is 0 Å². The highest BCUT2D eigenvalue weighted by molar-refractivity contribution is 5.78. The second-order valence-corrected chi connectivity index (χ2v) is 5.35. The summed E-state index contributed by atoms with van der Waals surface area (Å²) in [6, 6.07) is -0.413. The van der Waals surface area contributed by atoms with Gasteiger partial charge in [0.15, 0.2) is 0 Å². The lowest BCUT2D eigenvalue weighted by Gasteiger charge is -2.28. The molecule has 0 aromatic heterocycles. The molecular weight excluding hydrogens is 208 g/mol. The fraction of sp³-hybridized carbons (Fsp3) is 0.818. The van der Waals surface area contributed by atoms with E-state index in [1.54, 1.807) is 11.8 Å². The molecule has 1 saturated heterocycles. The molecule has 0 saturated carbocycles. The molecule has 92 valence electrons. The number of rotatable bonds is 1. The van der Waals surface area contributed by atoms with E-state index in [0.717, 1.165) is 0 Å². The molecule has 0 bridgehead atoms. The molecule has 0 aromatic rings. The number of carbonyl (C=O) groups is 2. The number of carboxylic acids is 1. The van der Waals surface area contributed by atoms with E-state index in [2.05, 4.69) is 5.32 Å². The molecule has 2 N–H and O–H groups in total. The van der Waals surface area contributed by atoms with Gasteiger partial charge in [0.05, 0.1) is 5.92 Å². The topological polar surface area (TPSA) is 69.6 Å². The van der Waals surface area contributed by atoms with Gasteiger partial charge in [-0.1, -0.05) is 0 Å². The number of carboxylic acid groups (broad SMARTS) is 1. The first-order chi connectivity index (χ1) is 7.22. The van der Waals surface area contributed by atoms with Crippen molar-refractivity contribution in [2.75, 3.05) is 6.54 Å². The minimum Gasteiger partial charge on any atom is -0.481 e. The largest absolute Gasteiger partial charge is 0.481 e. The summed E-state index contributed by atoms with van der Waals surface area (Å²) in [5.74, 6) is -1.26. The lowest BCUT2D eigenvalue weighted by molar-refractivity contribution is -0.142. The van der Waals surface area contributed by atoms with Crippen LogP contribution in [-0.4, -0.2) is 40.1 Å². The Kier molecular flexibility index (Phi) is 3.45. The van der Waals surface area contributed by atoms with Crippen LogP contribution in [-0.2, 0) is 4.79 Å². The van der Waals surface area contributed by atoms with Gasteiger partial charge in [0.2, 0.25) is 0 Å². The number of nitrogens with one attached hydrogen (secondary N) is 1. The fourth-order valence-electron chi connectivity index (χ4n) is 1.95. The van der Waals surface area contributed by atoms with Crippen LogP contribution in [0.15, 0.2) is 0 Å². The molecule has 0 aromatic carbocycles. The summed E-state index contributed by atoms with van der Waals surface area (Å²) in [5, 5.41) is 11.8. The number of carbonyl (C=O) groups excluding carboxylic acids is 1. The fourth-order valence-corrected chi connectivity index (χ4v) is 1.95. The Morgan fingerprint density at radius 1 is 1.38 bits per heavy atom. The molecule has 1 heterocycles. The second-order valence-electron chi connectivity index (χ2n) is 5.35. The molecule has 5 heteroatoms. The maximum atomic E-state index is 11.9. The number of nitrogens with zero attached hydrogens (tertiary/aromatic N) is 1. The van der Waals surface area contributed by atoms with Crippen LogP contribution in [0.5, 0.6) is 0 Å². The monoisotopic (exact) mass is 228 g/mol. The molecule has 0 radical (unpaired) electrons. The van der Waals surface area contributed by atoms with Crippen LogP contribution in [0.2, 0.25) is 0 Å². The first-order valence-corrected chi connectivity index (χ1v) is 5.54. The molecule has 1 rings (SSSR count). The Morgan fingerprint density at radius 2 is 1.94 bits per heavy atom. The Labute approximate surface area is 95.8 Å². The maximum absolute atomic E-state index is 11.9. The number of likely N-dealkylation sites (tertiary alicyclic amines) is 1. The summed E-state index contributed by atoms with van der Waals surface area (Å²) >= 11 is 0. The average Bonchev–Trinajstić information content (AvgIpc) is 2.43. The Morgan fingerprint density at radius 3 is 2.31 bits per heavy atom. The van der Waals surface area contributed by atoms with E-state index in [-0.39, 0.29) is 17.6 Å². The Bertz CT molecular complexity index is 296. The number of amides is 2. The van der Waals surface area contributed by atoms with Gasteiger partial charge in [0.1, 0.15) is 0 Å². The van der Waals surface area contributed by atoms with Crippen LogP contribution in [0, 0.1) is 5.92 Å². The molecule has 5 nitrogen and oxygen atoms in total. The smallest absolute Gasteiger partial charge is 0.318 e. The minimum absolute atomic E-state index is 0.177. The first-order valence-electron chi connectivity index (χ1n) is 5.54. The van der Waals surface area contributed by atoms with Crippen LogP contribution in [0.3, 0.4) is 0 Å². The van der Waals surface area contributed by atoms with Crippen molar-refractivity contribution < 1.29 is 14.7 Å². The van der Waals surface area contributed by atoms with E-state index in [1.165, 1.54) is 0 Å².